The van der Waals surface area contributed by atoms with Crippen molar-refractivity contribution in [1.82, 2.24) is 0 Å². The van der Waals surface area contributed by atoms with E-state index in [1.54, 1.807) is 7.11 Å². The largest absolute Gasteiger partial charge is 0.405 e. The SMILES string of the molecule is COCOC(C)(C#CCO[Si](C(C)C)(C(C)C)C(C)C)CC/C=C(\C)CC/C=C(\C)COC1CCCCO1. The van der Waals surface area contributed by atoms with Crippen LogP contribution in [0.5, 0.6) is 0 Å². The Morgan fingerprint density at radius 3 is 2.24 bits per heavy atom. The van der Waals surface area contributed by atoms with Crippen LogP contribution in [0.2, 0.25) is 16.6 Å². The van der Waals surface area contributed by atoms with Crippen molar-refractivity contribution < 1.29 is 23.4 Å². The minimum Gasteiger partial charge on any atom is -0.405 e. The van der Waals surface area contributed by atoms with Gasteiger partial charge in [0.05, 0.1) is 13.2 Å². The van der Waals surface area contributed by atoms with Crippen LogP contribution in [0.3, 0.4) is 0 Å². The highest BCUT2D eigenvalue weighted by Gasteiger charge is 2.44. The molecule has 1 aliphatic rings. The smallest absolute Gasteiger partial charge is 0.201 e. The Hall–Kier alpha value is -0.943. The topological polar surface area (TPSA) is 46.2 Å². The van der Waals surface area contributed by atoms with Crippen LogP contribution in [0.4, 0.5) is 0 Å². The van der Waals surface area contributed by atoms with Crippen molar-refractivity contribution >= 4 is 8.32 Å². The standard InChI is InChI=1S/C32H58O5Si/c1-26(2)38(27(3)4,28(5)6)37-23-15-21-32(9,36-25-33-10)20-14-18-29(7)16-13-17-30(8)24-35-31-19-11-12-22-34-31/h17-18,26-28,31H,11-14,16,19-20,22-25H2,1-10H3/b29-18+,30-17+. The molecular formula is C32H58O5Si. The summed E-state index contributed by atoms with van der Waals surface area (Å²) in [4.78, 5) is 0. The molecule has 1 fully saturated rings. The van der Waals surface area contributed by atoms with Gasteiger partial charge in [0.2, 0.25) is 8.32 Å². The second-order valence-corrected chi connectivity index (χ2v) is 17.4. The molecule has 0 amide bonds. The molecule has 0 aromatic rings. The van der Waals surface area contributed by atoms with Crippen molar-refractivity contribution in [3.63, 3.8) is 0 Å². The Labute approximate surface area is 236 Å². The number of hydrogen-bond donors (Lipinski definition) is 0. The van der Waals surface area contributed by atoms with Crippen molar-refractivity contribution in [3.8, 4) is 11.8 Å². The molecule has 6 heteroatoms. The van der Waals surface area contributed by atoms with E-state index in [1.807, 2.05) is 0 Å². The van der Waals surface area contributed by atoms with E-state index in [0.717, 1.165) is 45.1 Å². The maximum Gasteiger partial charge on any atom is 0.201 e. The number of ether oxygens (including phenoxy) is 4. The Balaban J connectivity index is 2.60. The highest BCUT2D eigenvalue weighted by Crippen LogP contribution is 2.42. The highest BCUT2D eigenvalue weighted by molar-refractivity contribution is 6.77. The number of methoxy groups -OCH3 is 1. The van der Waals surface area contributed by atoms with E-state index in [0.29, 0.717) is 29.8 Å². The van der Waals surface area contributed by atoms with Crippen LogP contribution in [0.1, 0.15) is 107 Å². The summed E-state index contributed by atoms with van der Waals surface area (Å²) in [6.45, 7) is 22.4. The van der Waals surface area contributed by atoms with E-state index < -0.39 is 13.9 Å². The van der Waals surface area contributed by atoms with E-state index >= 15 is 0 Å². The second-order valence-electron chi connectivity index (χ2n) is 12.0. The Bertz CT molecular complexity index is 749. The van der Waals surface area contributed by atoms with Crippen LogP contribution in [-0.4, -0.2) is 53.9 Å². The van der Waals surface area contributed by atoms with Crippen LogP contribution in [0.15, 0.2) is 23.3 Å². The van der Waals surface area contributed by atoms with E-state index in [2.05, 4.69) is 86.3 Å². The fraction of sp³-hybridized carbons (Fsp3) is 0.812. The molecule has 0 radical (unpaired) electrons. The van der Waals surface area contributed by atoms with Gasteiger partial charge in [0.1, 0.15) is 12.4 Å². The van der Waals surface area contributed by atoms with Gasteiger partial charge in [-0.15, -0.1) is 0 Å². The molecule has 0 N–H and O–H groups in total. The van der Waals surface area contributed by atoms with E-state index in [-0.39, 0.29) is 13.1 Å². The first-order valence-electron chi connectivity index (χ1n) is 14.8. The summed E-state index contributed by atoms with van der Waals surface area (Å²) in [6.07, 6.45) is 11.7. The molecule has 1 rings (SSSR count). The van der Waals surface area contributed by atoms with Gasteiger partial charge in [-0.3, -0.25) is 0 Å². The maximum atomic E-state index is 6.62. The third-order valence-corrected chi connectivity index (χ3v) is 13.8. The molecule has 5 nitrogen and oxygen atoms in total. The zero-order valence-electron chi connectivity index (χ0n) is 26.3. The fourth-order valence-corrected chi connectivity index (χ4v) is 10.9. The van der Waals surface area contributed by atoms with Gasteiger partial charge in [-0.25, -0.2) is 0 Å². The van der Waals surface area contributed by atoms with Crippen LogP contribution in [0, 0.1) is 11.8 Å². The van der Waals surface area contributed by atoms with Crippen molar-refractivity contribution in [2.75, 3.05) is 33.7 Å². The summed E-state index contributed by atoms with van der Waals surface area (Å²) in [7, 11) is -0.271. The molecule has 2 atom stereocenters. The molecule has 2 unspecified atom stereocenters. The monoisotopic (exact) mass is 550 g/mol. The van der Waals surface area contributed by atoms with E-state index in [1.165, 1.54) is 17.6 Å². The molecule has 0 saturated carbocycles. The van der Waals surface area contributed by atoms with Crippen LogP contribution < -0.4 is 0 Å². The van der Waals surface area contributed by atoms with E-state index in [4.69, 9.17) is 23.4 Å². The Morgan fingerprint density at radius 1 is 1.00 bits per heavy atom. The molecule has 0 spiro atoms. The van der Waals surface area contributed by atoms with Crippen LogP contribution in [-0.2, 0) is 23.4 Å². The third kappa shape index (κ3) is 12.5. The molecule has 38 heavy (non-hydrogen) atoms. The predicted molar refractivity (Wildman–Crippen MR) is 162 cm³/mol. The average molecular weight is 551 g/mol. The zero-order valence-corrected chi connectivity index (χ0v) is 27.3. The number of allylic oxidation sites excluding steroid dienone is 3. The number of hydrogen-bond acceptors (Lipinski definition) is 5. The summed E-state index contributed by atoms with van der Waals surface area (Å²) in [5, 5.41) is 0. The van der Waals surface area contributed by atoms with Crippen molar-refractivity contribution in [2.45, 2.75) is 136 Å². The molecule has 220 valence electrons. The first kappa shape index (κ1) is 35.1. The normalized spacial score (nSPS) is 19.1. The fourth-order valence-electron chi connectivity index (χ4n) is 5.61. The summed E-state index contributed by atoms with van der Waals surface area (Å²) in [5.74, 6) is 6.68. The van der Waals surface area contributed by atoms with Gasteiger partial charge < -0.3 is 23.4 Å². The lowest BCUT2D eigenvalue weighted by Gasteiger charge is -2.41. The number of rotatable bonds is 17. The molecule has 0 aliphatic carbocycles. The summed E-state index contributed by atoms with van der Waals surface area (Å²) in [6, 6.07) is 0. The Morgan fingerprint density at radius 2 is 1.66 bits per heavy atom. The minimum atomic E-state index is -1.92. The summed E-state index contributed by atoms with van der Waals surface area (Å²) in [5.41, 5.74) is 3.73. The van der Waals surface area contributed by atoms with Crippen molar-refractivity contribution in [1.29, 1.82) is 0 Å². The lowest BCUT2D eigenvalue weighted by atomic mass is 9.99. The quantitative estimate of drug-likeness (QED) is 0.0785. The molecular weight excluding hydrogens is 492 g/mol. The van der Waals surface area contributed by atoms with Crippen molar-refractivity contribution in [2.24, 2.45) is 0 Å². The van der Waals surface area contributed by atoms with E-state index in [9.17, 15) is 0 Å². The lowest BCUT2D eigenvalue weighted by Crippen LogP contribution is -2.47. The van der Waals surface area contributed by atoms with Gasteiger partial charge in [-0.2, -0.15) is 0 Å². The molecule has 1 aliphatic heterocycles. The van der Waals surface area contributed by atoms with Gasteiger partial charge in [0.25, 0.3) is 0 Å². The first-order valence-corrected chi connectivity index (χ1v) is 16.9. The minimum absolute atomic E-state index is 0.0248. The summed E-state index contributed by atoms with van der Waals surface area (Å²) < 4.78 is 29.4. The molecule has 0 aromatic carbocycles. The van der Waals surface area contributed by atoms with Crippen LogP contribution in [0.25, 0.3) is 0 Å². The maximum absolute atomic E-state index is 6.62. The van der Waals surface area contributed by atoms with Crippen LogP contribution >= 0.6 is 0 Å². The Kier molecular flexibility index (Phi) is 17.0. The van der Waals surface area contributed by atoms with Gasteiger partial charge in [-0.05, 0) is 82.3 Å². The summed E-state index contributed by atoms with van der Waals surface area (Å²) >= 11 is 0. The lowest BCUT2D eigenvalue weighted by molar-refractivity contribution is -0.156. The van der Waals surface area contributed by atoms with Gasteiger partial charge >= 0.3 is 0 Å². The molecule has 1 saturated heterocycles. The molecule has 1 heterocycles. The first-order chi connectivity index (χ1) is 18.0. The molecule has 0 aromatic heterocycles. The highest BCUT2D eigenvalue weighted by atomic mass is 28.4. The average Bonchev–Trinajstić information content (AvgIpc) is 2.86. The second kappa shape index (κ2) is 18.4. The van der Waals surface area contributed by atoms with Gasteiger partial charge in [0, 0.05) is 13.7 Å². The third-order valence-electron chi connectivity index (χ3n) is 7.73. The van der Waals surface area contributed by atoms with Gasteiger partial charge in [-0.1, -0.05) is 76.7 Å². The van der Waals surface area contributed by atoms with Gasteiger partial charge in [0.15, 0.2) is 6.29 Å². The molecule has 0 bridgehead atoms. The van der Waals surface area contributed by atoms with Crippen molar-refractivity contribution in [3.05, 3.63) is 23.3 Å². The zero-order chi connectivity index (χ0) is 28.6. The predicted octanol–water partition coefficient (Wildman–Crippen LogP) is 8.56.